The number of nitrogens with one attached hydrogen (secondary N) is 2. The number of carbonyl (C=O) groups excluding carboxylic acids is 1. The van der Waals surface area contributed by atoms with E-state index >= 15 is 0 Å². The number of halogens is 5. The SMILES string of the molecule is Cl.O=C(Nc1cc(Br)cc(C(F)(F)F)c1)C1CCCN1. The highest BCUT2D eigenvalue weighted by Crippen LogP contribution is 2.33. The van der Waals surface area contributed by atoms with Crippen LogP contribution in [0.25, 0.3) is 0 Å². The number of alkyl halides is 3. The number of hydrogen-bond donors (Lipinski definition) is 2. The zero-order valence-corrected chi connectivity index (χ0v) is 12.7. The molecule has 1 fully saturated rings. The molecule has 8 heteroatoms. The summed E-state index contributed by atoms with van der Waals surface area (Å²) in [6, 6.07) is 3.02. The molecule has 0 bridgehead atoms. The minimum Gasteiger partial charge on any atom is -0.325 e. The first kappa shape index (κ1) is 17.3. The summed E-state index contributed by atoms with van der Waals surface area (Å²) in [6.07, 6.45) is -2.84. The molecule has 3 nitrogen and oxygen atoms in total. The van der Waals surface area contributed by atoms with Gasteiger partial charge in [-0.2, -0.15) is 13.2 Å². The molecule has 1 amide bonds. The third-order valence-electron chi connectivity index (χ3n) is 2.87. The summed E-state index contributed by atoms with van der Waals surface area (Å²) in [5, 5.41) is 5.50. The van der Waals surface area contributed by atoms with Gasteiger partial charge in [-0.05, 0) is 37.6 Å². The van der Waals surface area contributed by atoms with Gasteiger partial charge in [0, 0.05) is 10.2 Å². The van der Waals surface area contributed by atoms with Crippen LogP contribution in [-0.4, -0.2) is 18.5 Å². The monoisotopic (exact) mass is 372 g/mol. The van der Waals surface area contributed by atoms with Crippen molar-refractivity contribution in [2.24, 2.45) is 0 Å². The number of rotatable bonds is 2. The number of benzene rings is 1. The van der Waals surface area contributed by atoms with E-state index in [4.69, 9.17) is 0 Å². The Balaban J connectivity index is 0.00000200. The van der Waals surface area contributed by atoms with E-state index in [1.807, 2.05) is 0 Å². The fraction of sp³-hybridized carbons (Fsp3) is 0.417. The van der Waals surface area contributed by atoms with Gasteiger partial charge < -0.3 is 10.6 Å². The van der Waals surface area contributed by atoms with E-state index in [9.17, 15) is 18.0 Å². The van der Waals surface area contributed by atoms with Gasteiger partial charge in [0.05, 0.1) is 11.6 Å². The summed E-state index contributed by atoms with van der Waals surface area (Å²) in [5.41, 5.74) is -0.656. The number of hydrogen-bond acceptors (Lipinski definition) is 2. The summed E-state index contributed by atoms with van der Waals surface area (Å²) < 4.78 is 38.2. The van der Waals surface area contributed by atoms with E-state index < -0.39 is 11.7 Å². The summed E-state index contributed by atoms with van der Waals surface area (Å²) >= 11 is 3.01. The van der Waals surface area contributed by atoms with Gasteiger partial charge in [0.2, 0.25) is 5.91 Å². The molecule has 1 aromatic carbocycles. The molecule has 0 spiro atoms. The van der Waals surface area contributed by atoms with Gasteiger partial charge >= 0.3 is 6.18 Å². The molecule has 1 aromatic rings. The van der Waals surface area contributed by atoms with Crippen molar-refractivity contribution >= 4 is 39.9 Å². The van der Waals surface area contributed by atoms with Gasteiger partial charge in [-0.1, -0.05) is 15.9 Å². The number of carbonyl (C=O) groups is 1. The van der Waals surface area contributed by atoms with Crippen LogP contribution in [-0.2, 0) is 11.0 Å². The first-order valence-electron chi connectivity index (χ1n) is 5.78. The maximum absolute atomic E-state index is 12.6. The molecule has 1 aliphatic heterocycles. The van der Waals surface area contributed by atoms with Crippen molar-refractivity contribution in [3.63, 3.8) is 0 Å². The van der Waals surface area contributed by atoms with Crippen LogP contribution in [0.15, 0.2) is 22.7 Å². The van der Waals surface area contributed by atoms with Crippen LogP contribution in [0.3, 0.4) is 0 Å². The van der Waals surface area contributed by atoms with E-state index in [1.54, 1.807) is 0 Å². The highest BCUT2D eigenvalue weighted by molar-refractivity contribution is 9.10. The van der Waals surface area contributed by atoms with Crippen molar-refractivity contribution in [1.82, 2.24) is 5.32 Å². The second-order valence-electron chi connectivity index (χ2n) is 4.36. The predicted molar refractivity (Wildman–Crippen MR) is 76.0 cm³/mol. The van der Waals surface area contributed by atoms with E-state index in [-0.39, 0.29) is 34.5 Å². The molecule has 1 atom stereocenters. The fourth-order valence-corrected chi connectivity index (χ4v) is 2.46. The number of amides is 1. The average molecular weight is 374 g/mol. The van der Waals surface area contributed by atoms with Crippen molar-refractivity contribution in [2.75, 3.05) is 11.9 Å². The first-order valence-corrected chi connectivity index (χ1v) is 6.57. The van der Waals surface area contributed by atoms with E-state index in [0.717, 1.165) is 25.1 Å². The summed E-state index contributed by atoms with van der Waals surface area (Å²) in [4.78, 5) is 11.8. The highest BCUT2D eigenvalue weighted by Gasteiger charge is 2.31. The fourth-order valence-electron chi connectivity index (χ4n) is 1.96. The standard InChI is InChI=1S/C12H12BrF3N2O.ClH/c13-8-4-7(12(14,15)16)5-9(6-8)18-11(19)10-2-1-3-17-10;/h4-6,10,17H,1-3H2,(H,18,19);1H. The average Bonchev–Trinajstić information content (AvgIpc) is 2.80. The molecule has 20 heavy (non-hydrogen) atoms. The van der Waals surface area contributed by atoms with Crippen molar-refractivity contribution in [1.29, 1.82) is 0 Å². The Bertz CT molecular complexity index is 490. The van der Waals surface area contributed by atoms with Crippen LogP contribution in [0.2, 0.25) is 0 Å². The van der Waals surface area contributed by atoms with E-state index in [1.165, 1.54) is 6.07 Å². The lowest BCUT2D eigenvalue weighted by Crippen LogP contribution is -2.35. The zero-order chi connectivity index (χ0) is 14.0. The summed E-state index contributed by atoms with van der Waals surface area (Å²) in [7, 11) is 0. The Hall–Kier alpha value is -0.790. The molecule has 112 valence electrons. The Morgan fingerprint density at radius 2 is 2.05 bits per heavy atom. The van der Waals surface area contributed by atoms with Gasteiger partial charge in [0.15, 0.2) is 0 Å². The van der Waals surface area contributed by atoms with E-state index in [2.05, 4.69) is 26.6 Å². The molecule has 1 aliphatic rings. The first-order chi connectivity index (χ1) is 8.86. The van der Waals surface area contributed by atoms with Crippen LogP contribution in [0.5, 0.6) is 0 Å². The third-order valence-corrected chi connectivity index (χ3v) is 3.33. The molecule has 2 N–H and O–H groups in total. The van der Waals surface area contributed by atoms with Gasteiger partial charge in [0.1, 0.15) is 0 Å². The quantitative estimate of drug-likeness (QED) is 0.832. The lowest BCUT2D eigenvalue weighted by atomic mass is 10.1. The molecule has 0 radical (unpaired) electrons. The van der Waals surface area contributed by atoms with Crippen LogP contribution in [0, 0.1) is 0 Å². The zero-order valence-electron chi connectivity index (χ0n) is 10.3. The topological polar surface area (TPSA) is 41.1 Å². The second kappa shape index (κ2) is 6.78. The normalized spacial score (nSPS) is 18.5. The highest BCUT2D eigenvalue weighted by atomic mass is 79.9. The third kappa shape index (κ3) is 4.36. The predicted octanol–water partition coefficient (Wildman–Crippen LogP) is 3.58. The second-order valence-corrected chi connectivity index (χ2v) is 5.28. The lowest BCUT2D eigenvalue weighted by molar-refractivity contribution is -0.137. The van der Waals surface area contributed by atoms with Crippen LogP contribution < -0.4 is 10.6 Å². The maximum Gasteiger partial charge on any atom is 0.416 e. The Morgan fingerprint density at radius 1 is 1.35 bits per heavy atom. The lowest BCUT2D eigenvalue weighted by Gasteiger charge is -2.13. The molecule has 0 aliphatic carbocycles. The number of anilines is 1. The van der Waals surface area contributed by atoms with Crippen molar-refractivity contribution in [3.8, 4) is 0 Å². The summed E-state index contributed by atoms with van der Waals surface area (Å²) in [5.74, 6) is -0.302. The van der Waals surface area contributed by atoms with Crippen molar-refractivity contribution in [2.45, 2.75) is 25.1 Å². The van der Waals surface area contributed by atoms with Gasteiger partial charge in [-0.3, -0.25) is 4.79 Å². The van der Waals surface area contributed by atoms with Crippen LogP contribution in [0.4, 0.5) is 18.9 Å². The largest absolute Gasteiger partial charge is 0.416 e. The Kier molecular flexibility index (Phi) is 5.85. The minimum absolute atomic E-state index is 0. The van der Waals surface area contributed by atoms with Gasteiger partial charge in [0.25, 0.3) is 0 Å². The maximum atomic E-state index is 12.6. The Labute approximate surface area is 128 Å². The van der Waals surface area contributed by atoms with Crippen molar-refractivity contribution < 1.29 is 18.0 Å². The van der Waals surface area contributed by atoms with Gasteiger partial charge in [-0.15, -0.1) is 12.4 Å². The smallest absolute Gasteiger partial charge is 0.325 e. The molecule has 2 rings (SSSR count). The van der Waals surface area contributed by atoms with Gasteiger partial charge in [-0.25, -0.2) is 0 Å². The van der Waals surface area contributed by atoms with Crippen LogP contribution >= 0.6 is 28.3 Å². The minimum atomic E-state index is -4.44. The van der Waals surface area contributed by atoms with Crippen LogP contribution in [0.1, 0.15) is 18.4 Å². The summed E-state index contributed by atoms with van der Waals surface area (Å²) in [6.45, 7) is 0.754. The molecule has 0 aromatic heterocycles. The molecule has 1 heterocycles. The molecule has 1 saturated heterocycles. The molecule has 1 unspecified atom stereocenters. The molecule has 0 saturated carbocycles. The molecular weight excluding hydrogens is 360 g/mol. The molecular formula is C12H13BrClF3N2O. The van der Waals surface area contributed by atoms with E-state index in [0.29, 0.717) is 6.42 Å². The Morgan fingerprint density at radius 3 is 2.60 bits per heavy atom. The van der Waals surface area contributed by atoms with Crippen molar-refractivity contribution in [3.05, 3.63) is 28.2 Å².